The maximum Gasteiger partial charge on any atom is 0.488 e. The molecule has 0 aliphatic carbocycles. The van der Waals surface area contributed by atoms with Crippen LogP contribution < -0.4 is 25.7 Å². The molecule has 0 aliphatic heterocycles. The summed E-state index contributed by atoms with van der Waals surface area (Å²) < 4.78 is 10.9. The first kappa shape index (κ1) is 33.4. The van der Waals surface area contributed by atoms with Crippen molar-refractivity contribution in [1.82, 2.24) is 5.32 Å². The molecule has 0 unspecified atom stereocenters. The number of hydrogen-bond acceptors (Lipinski definition) is 11. The van der Waals surface area contributed by atoms with Gasteiger partial charge in [-0.2, -0.15) is 0 Å². The minimum absolute atomic E-state index is 0.00135. The molecule has 1 atom stereocenters. The maximum absolute atomic E-state index is 13.0. The van der Waals surface area contributed by atoms with E-state index in [1.165, 1.54) is 91.0 Å². The van der Waals surface area contributed by atoms with Crippen LogP contribution in [0.15, 0.2) is 91.0 Å². The van der Waals surface area contributed by atoms with E-state index in [1.807, 2.05) is 0 Å². The first-order valence-electron chi connectivity index (χ1n) is 13.7. The van der Waals surface area contributed by atoms with E-state index in [9.17, 15) is 49.5 Å². The highest BCUT2D eigenvalue weighted by atomic mass is 16.6. The van der Waals surface area contributed by atoms with Crippen molar-refractivity contribution in [2.45, 2.75) is 18.9 Å². The number of carboxylic acids is 1. The van der Waals surface area contributed by atoms with Crippen LogP contribution in [-0.4, -0.2) is 74.4 Å². The number of carbonyl (C=O) groups excluding carboxylic acids is 3. The third-order valence-electron chi connectivity index (χ3n) is 6.63. The zero-order chi connectivity index (χ0) is 33.4. The maximum atomic E-state index is 13.0. The van der Waals surface area contributed by atoms with Gasteiger partial charge in [-0.25, -0.2) is 14.4 Å². The van der Waals surface area contributed by atoms with Crippen LogP contribution in [0, 0.1) is 0 Å². The quantitative estimate of drug-likeness (QED) is 0.0603. The van der Waals surface area contributed by atoms with E-state index in [2.05, 4.69) is 5.32 Å². The number of phenolic OH excluding ortho intramolecular Hbond substituents is 1. The molecule has 0 spiro atoms. The topological polar surface area (TPSA) is 220 Å². The summed E-state index contributed by atoms with van der Waals surface area (Å²) in [5.74, 6) is -4.41. The first-order chi connectivity index (χ1) is 21.9. The predicted molar refractivity (Wildman–Crippen MR) is 164 cm³/mol. The van der Waals surface area contributed by atoms with Crippen molar-refractivity contribution < 1.29 is 59.0 Å². The number of phenols is 1. The van der Waals surface area contributed by atoms with Crippen LogP contribution in [0.4, 0.5) is 0 Å². The minimum Gasteiger partial charge on any atom is -0.508 e. The van der Waals surface area contributed by atoms with Gasteiger partial charge in [0.05, 0.1) is 17.5 Å². The van der Waals surface area contributed by atoms with Crippen LogP contribution in [0.2, 0.25) is 0 Å². The number of esters is 2. The Morgan fingerprint density at radius 1 is 0.674 bits per heavy atom. The number of hydrogen-bond donors (Lipinski definition) is 7. The Balaban J connectivity index is 1.58. The number of carboxylic acid groups (broad SMARTS) is 1. The van der Waals surface area contributed by atoms with Crippen LogP contribution in [0.1, 0.15) is 31.8 Å². The minimum atomic E-state index is -1.86. The highest BCUT2D eigenvalue weighted by Crippen LogP contribution is 2.30. The van der Waals surface area contributed by atoms with Gasteiger partial charge in [0.1, 0.15) is 11.8 Å². The molecule has 7 N–H and O–H groups in total. The lowest BCUT2D eigenvalue weighted by atomic mass is 9.79. The van der Waals surface area contributed by atoms with Gasteiger partial charge in [0.15, 0.2) is 11.5 Å². The molecule has 0 aliphatic rings. The lowest BCUT2D eigenvalue weighted by Gasteiger charge is -2.16. The van der Waals surface area contributed by atoms with Gasteiger partial charge in [0, 0.05) is 6.42 Å². The Morgan fingerprint density at radius 2 is 1.20 bits per heavy atom. The van der Waals surface area contributed by atoms with E-state index in [0.29, 0.717) is 5.56 Å². The lowest BCUT2D eigenvalue weighted by molar-refractivity contribution is -0.141. The highest BCUT2D eigenvalue weighted by molar-refractivity contribution is 6.59. The number of benzene rings is 4. The Kier molecular flexibility index (Phi) is 10.9. The van der Waals surface area contributed by atoms with Crippen LogP contribution >= 0.6 is 0 Å². The smallest absolute Gasteiger partial charge is 0.488 e. The normalized spacial score (nSPS) is 11.2. The van der Waals surface area contributed by atoms with Crippen LogP contribution in [0.5, 0.6) is 17.2 Å². The summed E-state index contributed by atoms with van der Waals surface area (Å²) in [6, 6.07) is 19.1. The third-order valence-corrected chi connectivity index (χ3v) is 6.63. The molecule has 4 aromatic rings. The molecular formula is C31H27B2NO12. The fourth-order valence-corrected chi connectivity index (χ4v) is 4.30. The number of aliphatic carboxylic acids is 1. The van der Waals surface area contributed by atoms with Crippen LogP contribution in [0.25, 0.3) is 0 Å². The van der Waals surface area contributed by atoms with Gasteiger partial charge in [-0.1, -0.05) is 42.5 Å². The second-order valence-electron chi connectivity index (χ2n) is 10.1. The predicted octanol–water partition coefficient (Wildman–Crippen LogP) is -0.455. The van der Waals surface area contributed by atoms with E-state index in [0.717, 1.165) is 0 Å². The van der Waals surface area contributed by atoms with Crippen molar-refractivity contribution >= 4 is 49.0 Å². The molecule has 0 saturated heterocycles. The molecule has 4 aromatic carbocycles. The van der Waals surface area contributed by atoms with Crippen molar-refractivity contribution in [2.24, 2.45) is 0 Å². The molecule has 0 fully saturated rings. The second kappa shape index (κ2) is 15.0. The molecule has 0 heterocycles. The summed E-state index contributed by atoms with van der Waals surface area (Å²) in [5, 5.41) is 59.3. The van der Waals surface area contributed by atoms with Gasteiger partial charge < -0.3 is 45.1 Å². The fourth-order valence-electron chi connectivity index (χ4n) is 4.30. The highest BCUT2D eigenvalue weighted by Gasteiger charge is 2.23. The van der Waals surface area contributed by atoms with Crippen LogP contribution in [-0.2, 0) is 22.4 Å². The monoisotopic (exact) mass is 627 g/mol. The van der Waals surface area contributed by atoms with Crippen molar-refractivity contribution in [3.63, 3.8) is 0 Å². The van der Waals surface area contributed by atoms with Gasteiger partial charge in [0.2, 0.25) is 5.91 Å². The molecule has 234 valence electrons. The van der Waals surface area contributed by atoms with E-state index < -0.39 is 44.1 Å². The average Bonchev–Trinajstić information content (AvgIpc) is 3.02. The van der Waals surface area contributed by atoms with E-state index >= 15 is 0 Å². The molecule has 0 bridgehead atoms. The Labute approximate surface area is 262 Å². The van der Waals surface area contributed by atoms with Gasteiger partial charge in [-0.15, -0.1) is 0 Å². The molecule has 1 amide bonds. The second-order valence-corrected chi connectivity index (χ2v) is 10.1. The summed E-state index contributed by atoms with van der Waals surface area (Å²) in [4.78, 5) is 50.6. The molecule has 13 nitrogen and oxygen atoms in total. The van der Waals surface area contributed by atoms with Crippen molar-refractivity contribution in [2.75, 3.05) is 0 Å². The molecular weight excluding hydrogens is 600 g/mol. The standard InChI is InChI=1S/C31H27B2NO12/c35-24-10-7-18(8-11-24)13-25(29(37)38)34-28(36)15-19-9-12-26(45-30(39)20-3-1-5-22(16-20)32(41)42)27(14-19)46-31(40)21-4-2-6-23(17-21)33(43)44/h1-12,14,16-17,25,35,41-44H,13,15H2,(H,34,36)(H,37,38)/t25-/m0/s1. The zero-order valence-electron chi connectivity index (χ0n) is 23.9. The summed E-state index contributed by atoms with van der Waals surface area (Å²) in [7, 11) is -3.70. The zero-order valence-corrected chi connectivity index (χ0v) is 23.9. The molecule has 15 heteroatoms. The summed E-state index contributed by atoms with van der Waals surface area (Å²) in [5.41, 5.74) is 0.719. The number of carbonyl (C=O) groups is 4. The number of nitrogens with one attached hydrogen (secondary N) is 1. The third kappa shape index (κ3) is 9.03. The number of aromatic hydroxyl groups is 1. The Hall–Kier alpha value is -5.47. The number of amides is 1. The van der Waals surface area contributed by atoms with Gasteiger partial charge in [-0.05, 0) is 70.6 Å². The summed E-state index contributed by atoms with van der Waals surface area (Å²) in [6.45, 7) is 0. The molecule has 46 heavy (non-hydrogen) atoms. The Morgan fingerprint density at radius 3 is 1.72 bits per heavy atom. The number of rotatable bonds is 12. The van der Waals surface area contributed by atoms with Gasteiger partial charge in [0.25, 0.3) is 0 Å². The van der Waals surface area contributed by atoms with Crippen LogP contribution in [0.3, 0.4) is 0 Å². The van der Waals surface area contributed by atoms with Gasteiger partial charge in [-0.3, -0.25) is 4.79 Å². The molecule has 0 saturated carbocycles. The molecule has 0 aromatic heterocycles. The van der Waals surface area contributed by atoms with Crippen molar-refractivity contribution in [3.05, 3.63) is 113 Å². The number of ether oxygens (including phenoxy) is 2. The van der Waals surface area contributed by atoms with Gasteiger partial charge >= 0.3 is 32.1 Å². The van der Waals surface area contributed by atoms with Crippen molar-refractivity contribution in [3.8, 4) is 17.2 Å². The van der Waals surface area contributed by atoms with Crippen molar-refractivity contribution in [1.29, 1.82) is 0 Å². The summed E-state index contributed by atoms with van der Waals surface area (Å²) >= 11 is 0. The molecule has 0 radical (unpaired) electrons. The lowest BCUT2D eigenvalue weighted by Crippen LogP contribution is -2.43. The largest absolute Gasteiger partial charge is 0.508 e. The summed E-state index contributed by atoms with van der Waals surface area (Å²) in [6.07, 6.45) is -0.421. The van der Waals surface area contributed by atoms with E-state index in [-0.39, 0.29) is 57.7 Å². The fraction of sp³-hybridized carbons (Fsp3) is 0.0968. The van der Waals surface area contributed by atoms with E-state index in [4.69, 9.17) is 9.47 Å². The molecule has 4 rings (SSSR count). The van der Waals surface area contributed by atoms with E-state index in [1.54, 1.807) is 0 Å². The SMILES string of the molecule is O=C(Cc1ccc(OC(=O)c2cccc(B(O)O)c2)c(OC(=O)c2cccc(B(O)O)c2)c1)N[C@@H](Cc1ccc(O)cc1)C(=O)O. The average molecular weight is 627 g/mol. The Bertz CT molecular complexity index is 1740. The first-order valence-corrected chi connectivity index (χ1v) is 13.7.